The molecule has 0 radical (unpaired) electrons. The van der Waals surface area contributed by atoms with Gasteiger partial charge in [0.25, 0.3) is 0 Å². The Morgan fingerprint density at radius 3 is 2.20 bits per heavy atom. The highest BCUT2D eigenvalue weighted by molar-refractivity contribution is 7.92. The Balaban J connectivity index is 2.44. The summed E-state index contributed by atoms with van der Waals surface area (Å²) < 4.78 is 32.2. The van der Waals surface area contributed by atoms with Crippen molar-refractivity contribution in [3.8, 4) is 5.75 Å². The minimum atomic E-state index is -3.83. The molecule has 0 aromatic heterocycles. The van der Waals surface area contributed by atoms with Crippen LogP contribution in [-0.4, -0.2) is 57.1 Å². The average Bonchev–Trinajstić information content (AvgIpc) is 2.81. The Kier molecular flexibility index (Phi) is 10.6. The maximum absolute atomic E-state index is 13.7. The monoisotopic (exact) mass is 503 g/mol. The minimum Gasteiger partial charge on any atom is -0.492 e. The number of sulfonamides is 1. The molecule has 1 atom stereocenters. The molecule has 2 amide bonds. The lowest BCUT2D eigenvalue weighted by atomic mass is 10.1. The first-order valence-corrected chi connectivity index (χ1v) is 13.7. The molecule has 0 saturated heterocycles. The molecule has 0 heterocycles. The number of carbonyl (C=O) groups is 2. The third-order valence-electron chi connectivity index (χ3n) is 5.38. The van der Waals surface area contributed by atoms with Crippen molar-refractivity contribution in [1.29, 1.82) is 0 Å². The molecule has 0 spiro atoms. The van der Waals surface area contributed by atoms with Crippen molar-refractivity contribution in [1.82, 2.24) is 10.2 Å². The zero-order valence-electron chi connectivity index (χ0n) is 21.2. The molecule has 1 N–H and O–H groups in total. The lowest BCUT2D eigenvalue weighted by molar-refractivity contribution is -0.140. The number of benzene rings is 2. The van der Waals surface area contributed by atoms with E-state index >= 15 is 0 Å². The lowest BCUT2D eigenvalue weighted by Crippen LogP contribution is -2.52. The predicted octanol–water partition coefficient (Wildman–Crippen LogP) is 3.43. The van der Waals surface area contributed by atoms with E-state index in [1.807, 2.05) is 51.1 Å². The normalized spacial score (nSPS) is 12.2. The van der Waals surface area contributed by atoms with Crippen molar-refractivity contribution < 1.29 is 22.7 Å². The van der Waals surface area contributed by atoms with Crippen LogP contribution in [0.5, 0.6) is 5.75 Å². The van der Waals surface area contributed by atoms with Crippen molar-refractivity contribution in [2.75, 3.05) is 30.3 Å². The van der Waals surface area contributed by atoms with Gasteiger partial charge in [0.15, 0.2) is 0 Å². The topological polar surface area (TPSA) is 96.0 Å². The molecule has 35 heavy (non-hydrogen) atoms. The van der Waals surface area contributed by atoms with Gasteiger partial charge in [0.1, 0.15) is 18.3 Å². The number of anilines is 1. The second kappa shape index (κ2) is 13.1. The van der Waals surface area contributed by atoms with Crippen LogP contribution in [0.1, 0.15) is 39.7 Å². The summed E-state index contributed by atoms with van der Waals surface area (Å²) in [4.78, 5) is 28.2. The van der Waals surface area contributed by atoms with Gasteiger partial charge in [-0.15, -0.1) is 0 Å². The van der Waals surface area contributed by atoms with Gasteiger partial charge < -0.3 is 15.0 Å². The number of nitrogens with zero attached hydrogens (tertiary/aromatic N) is 2. The highest BCUT2D eigenvalue weighted by atomic mass is 32.2. The number of hydrogen-bond donors (Lipinski definition) is 1. The van der Waals surface area contributed by atoms with E-state index in [2.05, 4.69) is 5.32 Å². The van der Waals surface area contributed by atoms with E-state index in [-0.39, 0.29) is 24.1 Å². The Hall–Kier alpha value is -3.07. The molecule has 2 aromatic carbocycles. The highest BCUT2D eigenvalue weighted by Gasteiger charge is 2.32. The number of para-hydroxylation sites is 2. The van der Waals surface area contributed by atoms with Gasteiger partial charge in [0.2, 0.25) is 21.8 Å². The van der Waals surface area contributed by atoms with Crippen LogP contribution >= 0.6 is 0 Å². The molecule has 2 rings (SSSR count). The molecular weight excluding hydrogens is 466 g/mol. The molecule has 1 unspecified atom stereocenters. The van der Waals surface area contributed by atoms with Gasteiger partial charge in [0, 0.05) is 13.1 Å². The zero-order valence-corrected chi connectivity index (χ0v) is 22.0. The largest absolute Gasteiger partial charge is 0.492 e. The summed E-state index contributed by atoms with van der Waals surface area (Å²) in [5, 5.41) is 2.91. The van der Waals surface area contributed by atoms with Gasteiger partial charge in [-0.1, -0.05) is 63.2 Å². The van der Waals surface area contributed by atoms with Crippen molar-refractivity contribution in [2.24, 2.45) is 5.92 Å². The lowest BCUT2D eigenvalue weighted by Gasteiger charge is -2.33. The van der Waals surface area contributed by atoms with E-state index < -0.39 is 28.5 Å². The minimum absolute atomic E-state index is 0.179. The molecule has 0 aliphatic rings. The van der Waals surface area contributed by atoms with E-state index in [4.69, 9.17) is 4.74 Å². The van der Waals surface area contributed by atoms with Crippen LogP contribution in [0, 0.1) is 5.92 Å². The summed E-state index contributed by atoms with van der Waals surface area (Å²) in [7, 11) is -3.83. The summed E-state index contributed by atoms with van der Waals surface area (Å²) >= 11 is 0. The van der Waals surface area contributed by atoms with Crippen molar-refractivity contribution in [3.05, 3.63) is 60.2 Å². The first kappa shape index (κ1) is 28.2. The number of amides is 2. The van der Waals surface area contributed by atoms with Crippen LogP contribution < -0.4 is 14.4 Å². The quantitative estimate of drug-likeness (QED) is 0.452. The van der Waals surface area contributed by atoms with Crippen LogP contribution in [0.4, 0.5) is 5.69 Å². The van der Waals surface area contributed by atoms with Gasteiger partial charge in [-0.2, -0.15) is 0 Å². The van der Waals surface area contributed by atoms with Gasteiger partial charge in [-0.25, -0.2) is 8.42 Å². The van der Waals surface area contributed by atoms with E-state index in [0.717, 1.165) is 16.1 Å². The fraction of sp³-hybridized carbons (Fsp3) is 0.462. The summed E-state index contributed by atoms with van der Waals surface area (Å²) in [6, 6.07) is 15.3. The molecule has 8 nitrogen and oxygen atoms in total. The number of hydrogen-bond acceptors (Lipinski definition) is 5. The van der Waals surface area contributed by atoms with Crippen LogP contribution in [0.3, 0.4) is 0 Å². The fourth-order valence-corrected chi connectivity index (χ4v) is 4.51. The maximum Gasteiger partial charge on any atom is 0.244 e. The van der Waals surface area contributed by atoms with E-state index in [9.17, 15) is 18.0 Å². The highest BCUT2D eigenvalue weighted by Crippen LogP contribution is 2.30. The molecule has 0 fully saturated rings. The summed E-state index contributed by atoms with van der Waals surface area (Å²) in [6.07, 6.45) is 1.44. The van der Waals surface area contributed by atoms with Crippen molar-refractivity contribution >= 4 is 27.5 Å². The predicted molar refractivity (Wildman–Crippen MR) is 139 cm³/mol. The van der Waals surface area contributed by atoms with Crippen molar-refractivity contribution in [3.63, 3.8) is 0 Å². The number of nitrogens with one attached hydrogen (secondary N) is 1. The van der Waals surface area contributed by atoms with Crippen LogP contribution in [0.2, 0.25) is 0 Å². The third-order valence-corrected chi connectivity index (χ3v) is 6.51. The molecule has 0 aliphatic carbocycles. The third kappa shape index (κ3) is 8.28. The van der Waals surface area contributed by atoms with E-state index in [1.165, 1.54) is 4.90 Å². The first-order chi connectivity index (χ1) is 16.6. The van der Waals surface area contributed by atoms with Gasteiger partial charge in [-0.05, 0) is 37.0 Å². The number of rotatable bonds is 13. The molecule has 0 bridgehead atoms. The molecule has 2 aromatic rings. The summed E-state index contributed by atoms with van der Waals surface area (Å²) in [5.74, 6) is -0.113. The van der Waals surface area contributed by atoms with Crippen LogP contribution in [0.15, 0.2) is 54.6 Å². The Labute approximate surface area is 209 Å². The standard InChI is InChI=1S/C26H37N3O5S/c1-6-22(26(31)27-17-20(3)4)28(18-21-13-9-8-10-14-21)25(30)19-29(35(5,32)33)23-15-11-12-16-24(23)34-7-2/h8-16,20,22H,6-7,17-19H2,1-5H3,(H,27,31). The van der Waals surface area contributed by atoms with E-state index in [1.54, 1.807) is 31.2 Å². The Morgan fingerprint density at radius 1 is 1.00 bits per heavy atom. The Morgan fingerprint density at radius 2 is 1.63 bits per heavy atom. The molecule has 0 saturated carbocycles. The molecule has 192 valence electrons. The SMILES string of the molecule is CCOc1ccccc1N(CC(=O)N(Cc1ccccc1)C(CC)C(=O)NCC(C)C)S(C)(=O)=O. The van der Waals surface area contributed by atoms with E-state index in [0.29, 0.717) is 25.3 Å². The van der Waals surface area contributed by atoms with Crippen LogP contribution in [0.25, 0.3) is 0 Å². The first-order valence-electron chi connectivity index (χ1n) is 11.9. The zero-order chi connectivity index (χ0) is 26.0. The van der Waals surface area contributed by atoms with Crippen molar-refractivity contribution in [2.45, 2.75) is 46.7 Å². The van der Waals surface area contributed by atoms with Gasteiger partial charge >= 0.3 is 0 Å². The molecule has 9 heteroatoms. The average molecular weight is 504 g/mol. The molecule has 0 aliphatic heterocycles. The summed E-state index contributed by atoms with van der Waals surface area (Å²) in [6.45, 7) is 8.18. The Bertz CT molecular complexity index is 1070. The second-order valence-electron chi connectivity index (χ2n) is 8.74. The summed E-state index contributed by atoms with van der Waals surface area (Å²) in [5.41, 5.74) is 1.12. The fourth-order valence-electron chi connectivity index (χ4n) is 3.66. The number of carbonyl (C=O) groups excluding carboxylic acids is 2. The smallest absolute Gasteiger partial charge is 0.244 e. The van der Waals surface area contributed by atoms with Gasteiger partial charge in [-0.3, -0.25) is 13.9 Å². The number of ether oxygens (including phenoxy) is 1. The second-order valence-corrected chi connectivity index (χ2v) is 10.6. The maximum atomic E-state index is 13.7. The van der Waals surface area contributed by atoms with Crippen LogP contribution in [-0.2, 0) is 26.2 Å². The van der Waals surface area contributed by atoms with Gasteiger partial charge in [0.05, 0.1) is 18.6 Å². The molecular formula is C26H37N3O5S.